The minimum absolute atomic E-state index is 0.0695. The summed E-state index contributed by atoms with van der Waals surface area (Å²) in [6.07, 6.45) is 9.39. The number of hydrogen-bond acceptors (Lipinski definition) is 4. The molecule has 2 atom stereocenters. The van der Waals surface area contributed by atoms with E-state index in [1.807, 2.05) is 25.1 Å². The molecule has 4 heteroatoms. The fraction of sp³-hybridized carbons (Fsp3) is 0.450. The minimum atomic E-state index is -0.775. The molecule has 0 fully saturated rings. The normalized spacial score (nSPS) is 34.4. The van der Waals surface area contributed by atoms with Crippen LogP contribution >= 0.6 is 0 Å². The van der Waals surface area contributed by atoms with E-state index in [4.69, 9.17) is 4.74 Å². The Morgan fingerprint density at radius 3 is 2.54 bits per heavy atom. The van der Waals surface area contributed by atoms with Crippen LogP contribution in [0.4, 0.5) is 0 Å². The molecule has 2 unspecified atom stereocenters. The summed E-state index contributed by atoms with van der Waals surface area (Å²) in [7, 11) is 0. The Labute approximate surface area is 142 Å². The number of fused-ring (bicyclic) bond motifs is 3. The van der Waals surface area contributed by atoms with E-state index in [1.54, 1.807) is 32.1 Å². The molecular weight excluding hydrogens is 302 g/mol. The lowest BCUT2D eigenvalue weighted by atomic mass is 9.60. The number of Topliss-reactive ketones (excluding diaryl/α,β-unsaturated/α-hetero) is 1. The van der Waals surface area contributed by atoms with Gasteiger partial charge in [0.2, 0.25) is 0 Å². The molecule has 2 aliphatic carbocycles. The summed E-state index contributed by atoms with van der Waals surface area (Å²) in [6, 6.07) is 2.05. The lowest BCUT2D eigenvalue weighted by Gasteiger charge is -2.44. The summed E-state index contributed by atoms with van der Waals surface area (Å²) in [4.78, 5) is 24.7. The Hall–Kier alpha value is -2.41. The number of allylic oxidation sites excluding steroid dienone is 8. The number of hydrogen-bond donors (Lipinski definition) is 0. The molecule has 3 aliphatic rings. The van der Waals surface area contributed by atoms with E-state index in [0.717, 1.165) is 11.3 Å². The summed E-state index contributed by atoms with van der Waals surface area (Å²) < 4.78 is 5.97. The first-order chi connectivity index (χ1) is 11.1. The van der Waals surface area contributed by atoms with Gasteiger partial charge in [0.05, 0.1) is 16.7 Å². The van der Waals surface area contributed by atoms with Crippen LogP contribution in [0, 0.1) is 27.6 Å². The van der Waals surface area contributed by atoms with Gasteiger partial charge in [-0.25, -0.2) is 0 Å². The fourth-order valence-corrected chi connectivity index (χ4v) is 3.82. The maximum atomic E-state index is 12.7. The smallest absolute Gasteiger partial charge is 0.182 e. The van der Waals surface area contributed by atoms with Crippen molar-refractivity contribution in [2.45, 2.75) is 34.1 Å². The van der Waals surface area contributed by atoms with Gasteiger partial charge in [-0.15, -0.1) is 0 Å². The summed E-state index contributed by atoms with van der Waals surface area (Å²) in [5, 5.41) is 9.53. The molecule has 0 saturated heterocycles. The summed E-state index contributed by atoms with van der Waals surface area (Å²) in [6.45, 7) is 7.78. The van der Waals surface area contributed by atoms with E-state index >= 15 is 0 Å². The van der Waals surface area contributed by atoms with Crippen LogP contribution in [-0.2, 0) is 14.3 Å². The monoisotopic (exact) mass is 323 g/mol. The quantitative estimate of drug-likeness (QED) is 0.685. The standard InChI is InChI=1S/C20H21NO3/c1-18(2)12-24-15-9-19(3)6-5-14(22)7-16(19)20(4,10-15)8-13(11-21)17(18)23/h5-8,10H,9,12H2,1-4H3. The van der Waals surface area contributed by atoms with Gasteiger partial charge in [-0.05, 0) is 50.6 Å². The van der Waals surface area contributed by atoms with Crippen LogP contribution in [0.1, 0.15) is 34.1 Å². The Morgan fingerprint density at radius 1 is 1.17 bits per heavy atom. The van der Waals surface area contributed by atoms with Gasteiger partial charge in [0.15, 0.2) is 11.6 Å². The highest BCUT2D eigenvalue weighted by Crippen LogP contribution is 2.53. The highest BCUT2D eigenvalue weighted by molar-refractivity contribution is 6.04. The number of nitrogens with zero attached hydrogens (tertiary/aromatic N) is 1. The van der Waals surface area contributed by atoms with Crippen molar-refractivity contribution in [3.8, 4) is 6.07 Å². The van der Waals surface area contributed by atoms with Crippen LogP contribution in [0.5, 0.6) is 0 Å². The maximum Gasteiger partial charge on any atom is 0.182 e. The Kier molecular flexibility index (Phi) is 3.46. The Morgan fingerprint density at radius 2 is 1.88 bits per heavy atom. The molecule has 2 bridgehead atoms. The van der Waals surface area contributed by atoms with Crippen molar-refractivity contribution < 1.29 is 14.3 Å². The van der Waals surface area contributed by atoms with Crippen molar-refractivity contribution in [2.75, 3.05) is 6.61 Å². The van der Waals surface area contributed by atoms with Gasteiger partial charge in [-0.1, -0.05) is 13.0 Å². The van der Waals surface area contributed by atoms with Gasteiger partial charge in [-0.2, -0.15) is 5.26 Å². The summed E-state index contributed by atoms with van der Waals surface area (Å²) in [5.74, 6) is 0.500. The Bertz CT molecular complexity index is 803. The predicted molar refractivity (Wildman–Crippen MR) is 89.6 cm³/mol. The first-order valence-electron chi connectivity index (χ1n) is 8.08. The third-order valence-electron chi connectivity index (χ3n) is 5.14. The molecular formula is C20H21NO3. The second-order valence-corrected chi connectivity index (χ2v) is 7.95. The van der Waals surface area contributed by atoms with Crippen molar-refractivity contribution in [1.82, 2.24) is 0 Å². The molecule has 0 spiro atoms. The van der Waals surface area contributed by atoms with Crippen LogP contribution in [-0.4, -0.2) is 18.2 Å². The van der Waals surface area contributed by atoms with Crippen LogP contribution in [0.2, 0.25) is 0 Å². The largest absolute Gasteiger partial charge is 0.497 e. The first kappa shape index (κ1) is 16.4. The van der Waals surface area contributed by atoms with E-state index in [9.17, 15) is 14.9 Å². The Balaban J connectivity index is 2.25. The number of carbonyl (C=O) groups excluding carboxylic acids is 2. The molecule has 124 valence electrons. The zero-order valence-electron chi connectivity index (χ0n) is 14.5. The summed E-state index contributed by atoms with van der Waals surface area (Å²) in [5.41, 5.74) is -0.820. The fourth-order valence-electron chi connectivity index (χ4n) is 3.82. The number of rotatable bonds is 0. The lowest BCUT2D eigenvalue weighted by Crippen LogP contribution is -2.35. The predicted octanol–water partition coefficient (Wildman–Crippen LogP) is 3.43. The molecule has 1 aliphatic heterocycles. The zero-order chi connectivity index (χ0) is 17.8. The van der Waals surface area contributed by atoms with Gasteiger partial charge >= 0.3 is 0 Å². The van der Waals surface area contributed by atoms with Crippen molar-refractivity contribution in [2.24, 2.45) is 16.2 Å². The van der Waals surface area contributed by atoms with Crippen molar-refractivity contribution in [3.05, 3.63) is 47.3 Å². The molecule has 0 aromatic carbocycles. The molecule has 4 nitrogen and oxygen atoms in total. The van der Waals surface area contributed by atoms with Gasteiger partial charge in [0.1, 0.15) is 12.7 Å². The van der Waals surface area contributed by atoms with Crippen LogP contribution in [0.15, 0.2) is 47.3 Å². The molecule has 0 aromatic rings. The molecule has 0 saturated carbocycles. The minimum Gasteiger partial charge on any atom is -0.497 e. The van der Waals surface area contributed by atoms with Crippen molar-refractivity contribution in [3.63, 3.8) is 0 Å². The average molecular weight is 323 g/mol. The second-order valence-electron chi connectivity index (χ2n) is 7.95. The van der Waals surface area contributed by atoms with Crippen molar-refractivity contribution >= 4 is 11.6 Å². The van der Waals surface area contributed by atoms with Crippen LogP contribution < -0.4 is 0 Å². The maximum absolute atomic E-state index is 12.7. The lowest BCUT2D eigenvalue weighted by molar-refractivity contribution is -0.125. The molecule has 0 radical (unpaired) electrons. The highest BCUT2D eigenvalue weighted by Gasteiger charge is 2.46. The van der Waals surface area contributed by atoms with E-state index in [2.05, 4.69) is 6.92 Å². The van der Waals surface area contributed by atoms with Gasteiger partial charge in [-0.3, -0.25) is 9.59 Å². The molecule has 24 heavy (non-hydrogen) atoms. The highest BCUT2D eigenvalue weighted by atomic mass is 16.5. The van der Waals surface area contributed by atoms with E-state index in [1.165, 1.54) is 0 Å². The molecule has 0 amide bonds. The second kappa shape index (κ2) is 5.04. The summed E-state index contributed by atoms with van der Waals surface area (Å²) >= 11 is 0. The molecule has 1 heterocycles. The number of nitriles is 1. The number of ketones is 2. The van der Waals surface area contributed by atoms with Crippen molar-refractivity contribution in [1.29, 1.82) is 5.26 Å². The molecule has 0 N–H and O–H groups in total. The van der Waals surface area contributed by atoms with Crippen LogP contribution in [0.3, 0.4) is 0 Å². The van der Waals surface area contributed by atoms with E-state index in [-0.39, 0.29) is 29.2 Å². The molecule has 0 aromatic heterocycles. The SMILES string of the molecule is CC12C=C(CC3(C)C=CC(=O)C=C13)OCC(C)(C)C(=O)C(C#N)=C2. The average Bonchev–Trinajstić information content (AvgIpc) is 2.53. The van der Waals surface area contributed by atoms with Gasteiger partial charge < -0.3 is 4.74 Å². The first-order valence-corrected chi connectivity index (χ1v) is 8.08. The van der Waals surface area contributed by atoms with E-state index in [0.29, 0.717) is 6.42 Å². The number of carbonyl (C=O) groups is 2. The zero-order valence-corrected chi connectivity index (χ0v) is 14.5. The number of ether oxygens (including phenoxy) is 1. The van der Waals surface area contributed by atoms with Gasteiger partial charge in [0, 0.05) is 17.3 Å². The molecule has 3 rings (SSSR count). The van der Waals surface area contributed by atoms with Crippen LogP contribution in [0.25, 0.3) is 0 Å². The van der Waals surface area contributed by atoms with E-state index < -0.39 is 10.8 Å². The third kappa shape index (κ3) is 2.45. The topological polar surface area (TPSA) is 67.2 Å². The van der Waals surface area contributed by atoms with Gasteiger partial charge in [0.25, 0.3) is 0 Å². The third-order valence-corrected chi connectivity index (χ3v) is 5.14.